The molecule has 4 rings (SSSR count). The number of hydrogen-bond donors (Lipinski definition) is 0. The molecule has 35 heavy (non-hydrogen) atoms. The molecule has 0 N–H and O–H groups in total. The highest BCUT2D eigenvalue weighted by atomic mass is 35.5. The number of halogens is 2. The molecule has 1 fully saturated rings. The molecule has 7 nitrogen and oxygen atoms in total. The number of imide groups is 1. The summed E-state index contributed by atoms with van der Waals surface area (Å²) in [6, 6.07) is 9.49. The van der Waals surface area contributed by atoms with Gasteiger partial charge in [-0.05, 0) is 69.2 Å². The van der Waals surface area contributed by atoms with Crippen molar-refractivity contribution in [1.29, 1.82) is 0 Å². The lowest BCUT2D eigenvalue weighted by Gasteiger charge is -2.35. The van der Waals surface area contributed by atoms with Gasteiger partial charge in [0.2, 0.25) is 0 Å². The first-order valence-corrected chi connectivity index (χ1v) is 11.9. The molecule has 0 saturated carbocycles. The average Bonchev–Trinajstić information content (AvgIpc) is 3.08. The minimum atomic E-state index is -1.18. The molecule has 9 heteroatoms. The molecule has 1 aliphatic heterocycles. The maximum absolute atomic E-state index is 13.8. The van der Waals surface area contributed by atoms with Crippen molar-refractivity contribution < 1.29 is 23.9 Å². The molecule has 1 saturated heterocycles. The molecule has 0 aromatic heterocycles. The molecular formula is C26H24Cl2N2O5. The van der Waals surface area contributed by atoms with Crippen LogP contribution >= 0.6 is 23.2 Å². The van der Waals surface area contributed by atoms with Gasteiger partial charge in [0.1, 0.15) is 11.8 Å². The number of carbonyl (C=O) groups is 4. The number of benzene rings is 2. The van der Waals surface area contributed by atoms with Gasteiger partial charge in [-0.1, -0.05) is 34.9 Å². The normalized spacial score (nSPS) is 20.3. The van der Waals surface area contributed by atoms with Crippen molar-refractivity contribution in [3.8, 4) is 5.75 Å². The number of amides is 3. The zero-order valence-corrected chi connectivity index (χ0v) is 21.0. The van der Waals surface area contributed by atoms with E-state index in [4.69, 9.17) is 27.9 Å². The SMILES string of the molecule is COc1ccc(C(=O)[C@H](C)N(C(=O)c2ccc(Cl)cc2Cl)N2C(=O)[C@H]3CC(C)=CC[C@H]3C2=O)cc1. The third kappa shape index (κ3) is 4.58. The zero-order chi connectivity index (χ0) is 25.4. The second-order valence-corrected chi connectivity index (χ2v) is 9.58. The molecule has 182 valence electrons. The fraction of sp³-hybridized carbons (Fsp3) is 0.308. The van der Waals surface area contributed by atoms with E-state index in [1.807, 2.05) is 13.0 Å². The van der Waals surface area contributed by atoms with E-state index in [9.17, 15) is 19.2 Å². The minimum absolute atomic E-state index is 0.0234. The van der Waals surface area contributed by atoms with Crippen molar-refractivity contribution in [2.75, 3.05) is 7.11 Å². The third-order valence-corrected chi connectivity index (χ3v) is 7.05. The predicted octanol–water partition coefficient (Wildman–Crippen LogP) is 4.97. The van der Waals surface area contributed by atoms with Crippen molar-refractivity contribution >= 4 is 46.7 Å². The molecule has 0 spiro atoms. The Hall–Kier alpha value is -3.16. The fourth-order valence-corrected chi connectivity index (χ4v) is 5.06. The average molecular weight is 515 g/mol. The Morgan fingerprint density at radius 1 is 1.06 bits per heavy atom. The van der Waals surface area contributed by atoms with Gasteiger partial charge in [0.25, 0.3) is 17.7 Å². The topological polar surface area (TPSA) is 84.0 Å². The maximum atomic E-state index is 13.8. The Kier molecular flexibility index (Phi) is 7.01. The van der Waals surface area contributed by atoms with Crippen molar-refractivity contribution in [3.63, 3.8) is 0 Å². The summed E-state index contributed by atoms with van der Waals surface area (Å²) < 4.78 is 5.14. The van der Waals surface area contributed by atoms with Crippen molar-refractivity contribution in [2.45, 2.75) is 32.7 Å². The number of rotatable bonds is 6. The van der Waals surface area contributed by atoms with Crippen molar-refractivity contribution in [1.82, 2.24) is 10.0 Å². The molecule has 1 aliphatic carbocycles. The summed E-state index contributed by atoms with van der Waals surface area (Å²) in [7, 11) is 1.51. The Morgan fingerprint density at radius 3 is 2.34 bits per heavy atom. The summed E-state index contributed by atoms with van der Waals surface area (Å²) in [5, 5.41) is 2.16. The van der Waals surface area contributed by atoms with Gasteiger partial charge in [-0.25, -0.2) is 5.01 Å². The Morgan fingerprint density at radius 2 is 1.71 bits per heavy atom. The number of carbonyl (C=O) groups excluding carboxylic acids is 4. The van der Waals surface area contributed by atoms with E-state index < -0.39 is 41.4 Å². The van der Waals surface area contributed by atoms with Gasteiger partial charge < -0.3 is 4.74 Å². The number of allylic oxidation sites excluding steroid dienone is 2. The van der Waals surface area contributed by atoms with Gasteiger partial charge in [0.05, 0.1) is 29.5 Å². The van der Waals surface area contributed by atoms with Crippen LogP contribution in [0.3, 0.4) is 0 Å². The summed E-state index contributed by atoms with van der Waals surface area (Å²) in [6.45, 7) is 3.39. The van der Waals surface area contributed by atoms with Gasteiger partial charge in [-0.2, -0.15) is 5.01 Å². The molecule has 1 heterocycles. The number of nitrogens with zero attached hydrogens (tertiary/aromatic N) is 2. The summed E-state index contributed by atoms with van der Waals surface area (Å²) in [5.41, 5.74) is 1.33. The van der Waals surface area contributed by atoms with Crippen LogP contribution in [0.5, 0.6) is 5.75 Å². The predicted molar refractivity (Wildman–Crippen MR) is 131 cm³/mol. The van der Waals surface area contributed by atoms with Crippen LogP contribution in [0.4, 0.5) is 0 Å². The highest BCUT2D eigenvalue weighted by molar-refractivity contribution is 6.36. The van der Waals surface area contributed by atoms with E-state index in [0.717, 1.165) is 15.6 Å². The molecule has 0 bridgehead atoms. The lowest BCUT2D eigenvalue weighted by Crippen LogP contribution is -2.56. The van der Waals surface area contributed by atoms with Crippen LogP contribution in [0.25, 0.3) is 0 Å². The number of ether oxygens (including phenoxy) is 1. The van der Waals surface area contributed by atoms with Gasteiger partial charge >= 0.3 is 0 Å². The van der Waals surface area contributed by atoms with E-state index in [1.165, 1.54) is 32.2 Å². The lowest BCUT2D eigenvalue weighted by atomic mass is 9.82. The zero-order valence-electron chi connectivity index (χ0n) is 19.5. The van der Waals surface area contributed by atoms with Crippen molar-refractivity contribution in [3.05, 3.63) is 75.3 Å². The molecule has 0 radical (unpaired) electrons. The van der Waals surface area contributed by atoms with Crippen LogP contribution in [0.1, 0.15) is 47.4 Å². The van der Waals surface area contributed by atoms with E-state index in [2.05, 4.69) is 0 Å². The summed E-state index contributed by atoms with van der Waals surface area (Å²) in [6.07, 6.45) is 2.77. The third-order valence-electron chi connectivity index (χ3n) is 6.51. The molecule has 2 aliphatic rings. The highest BCUT2D eigenvalue weighted by Gasteiger charge is 2.53. The van der Waals surface area contributed by atoms with E-state index >= 15 is 0 Å². The summed E-state index contributed by atoms with van der Waals surface area (Å²) in [5.74, 6) is -2.79. The smallest absolute Gasteiger partial charge is 0.275 e. The number of Topliss-reactive ketones (excluding diaryl/α,β-unsaturated/α-hetero) is 1. The number of methoxy groups -OCH3 is 1. The van der Waals surface area contributed by atoms with Crippen LogP contribution in [0.2, 0.25) is 10.0 Å². The van der Waals surface area contributed by atoms with Gasteiger partial charge in [0, 0.05) is 10.6 Å². The Labute approximate surface area is 213 Å². The molecule has 3 atom stereocenters. The molecule has 3 amide bonds. The van der Waals surface area contributed by atoms with Crippen LogP contribution in [-0.2, 0) is 9.59 Å². The van der Waals surface area contributed by atoms with Crippen molar-refractivity contribution in [2.24, 2.45) is 11.8 Å². The minimum Gasteiger partial charge on any atom is -0.497 e. The van der Waals surface area contributed by atoms with Crippen LogP contribution in [0.15, 0.2) is 54.1 Å². The van der Waals surface area contributed by atoms with E-state index in [0.29, 0.717) is 29.2 Å². The number of ketones is 1. The Balaban J connectivity index is 1.76. The second-order valence-electron chi connectivity index (χ2n) is 8.73. The van der Waals surface area contributed by atoms with E-state index in [1.54, 1.807) is 24.3 Å². The van der Waals surface area contributed by atoms with Crippen LogP contribution in [0, 0.1) is 11.8 Å². The number of fused-ring (bicyclic) bond motifs is 1. The standard InChI is InChI=1S/C26H24Cl2N2O5/c1-14-4-10-19-21(12-14)26(34)30(24(19)32)29(25(33)20-11-7-17(27)13-22(20)28)15(2)23(31)16-5-8-18(35-3)9-6-16/h4-9,11,13,15,19,21H,10,12H2,1-3H3/t15-,19+,21-/m0/s1. The first-order valence-electron chi connectivity index (χ1n) is 11.1. The quantitative estimate of drug-likeness (QED) is 0.308. The molecule has 2 aromatic carbocycles. The van der Waals surface area contributed by atoms with Gasteiger partial charge in [-0.15, -0.1) is 0 Å². The lowest BCUT2D eigenvalue weighted by molar-refractivity contribution is -0.156. The molecule has 0 unspecified atom stereocenters. The summed E-state index contributed by atoms with van der Waals surface area (Å²) >= 11 is 12.3. The van der Waals surface area contributed by atoms with Gasteiger partial charge in [0.15, 0.2) is 5.78 Å². The highest BCUT2D eigenvalue weighted by Crippen LogP contribution is 2.39. The molecule has 2 aromatic rings. The fourth-order valence-electron chi connectivity index (χ4n) is 4.57. The number of hydrogen-bond acceptors (Lipinski definition) is 5. The Bertz CT molecular complexity index is 1240. The largest absolute Gasteiger partial charge is 0.497 e. The summed E-state index contributed by atoms with van der Waals surface area (Å²) in [4.78, 5) is 54.1. The van der Waals surface area contributed by atoms with E-state index in [-0.39, 0.29) is 10.6 Å². The number of hydrazine groups is 1. The van der Waals surface area contributed by atoms with Crippen LogP contribution in [-0.4, -0.2) is 46.7 Å². The first-order chi connectivity index (χ1) is 16.6. The first kappa shape index (κ1) is 24.9. The van der Waals surface area contributed by atoms with Crippen LogP contribution < -0.4 is 4.74 Å². The maximum Gasteiger partial charge on any atom is 0.275 e. The van der Waals surface area contributed by atoms with Gasteiger partial charge in [-0.3, -0.25) is 19.2 Å². The monoisotopic (exact) mass is 514 g/mol. The second kappa shape index (κ2) is 9.84. The molecular weight excluding hydrogens is 491 g/mol.